The molecule has 17 heavy (non-hydrogen) atoms. The fourth-order valence-corrected chi connectivity index (χ4v) is 2.10. The number of nitrogens with zero attached hydrogens (tertiary/aromatic N) is 1. The Balaban J connectivity index is 1.91. The molecule has 1 N–H and O–H groups in total. The van der Waals surface area contributed by atoms with Gasteiger partial charge in [-0.3, -0.25) is 4.79 Å². The van der Waals surface area contributed by atoms with Gasteiger partial charge >= 0.3 is 5.91 Å². The van der Waals surface area contributed by atoms with E-state index in [1.807, 2.05) is 6.07 Å². The van der Waals surface area contributed by atoms with Gasteiger partial charge in [-0.15, -0.1) is 11.3 Å². The van der Waals surface area contributed by atoms with E-state index in [4.69, 9.17) is 4.42 Å². The molecule has 0 spiro atoms. The molecule has 0 aliphatic rings. The first-order chi connectivity index (χ1) is 8.29. The molecule has 2 rings (SSSR count). The summed E-state index contributed by atoms with van der Waals surface area (Å²) in [6.45, 7) is 2.10. The molecule has 4 nitrogen and oxygen atoms in total. The summed E-state index contributed by atoms with van der Waals surface area (Å²) in [7, 11) is 0. The first kappa shape index (κ1) is 11.6. The van der Waals surface area contributed by atoms with Crippen LogP contribution >= 0.6 is 11.3 Å². The van der Waals surface area contributed by atoms with E-state index in [9.17, 15) is 4.79 Å². The van der Waals surface area contributed by atoms with Crippen molar-refractivity contribution in [3.05, 3.63) is 46.0 Å². The summed E-state index contributed by atoms with van der Waals surface area (Å²) in [5, 5.41) is 3.87. The standard InChI is InChI=1S/C12H12N2O2S/c1-2-9-5-6-10(17-9)8-13-14-12(15)11-4-3-7-16-11/h3-8H,2H2,1H3,(H,14,15)/b13-8-. The van der Waals surface area contributed by atoms with Crippen LogP contribution in [0.15, 0.2) is 40.0 Å². The van der Waals surface area contributed by atoms with Crippen LogP contribution in [0.25, 0.3) is 0 Å². The fraction of sp³-hybridized carbons (Fsp3) is 0.167. The van der Waals surface area contributed by atoms with Crippen molar-refractivity contribution in [1.29, 1.82) is 0 Å². The summed E-state index contributed by atoms with van der Waals surface area (Å²) in [4.78, 5) is 13.8. The Hall–Kier alpha value is -1.88. The third kappa shape index (κ3) is 3.04. The molecule has 88 valence electrons. The van der Waals surface area contributed by atoms with Crippen LogP contribution in [0.3, 0.4) is 0 Å². The Kier molecular flexibility index (Phi) is 3.72. The van der Waals surface area contributed by atoms with Gasteiger partial charge < -0.3 is 4.42 Å². The Morgan fingerprint density at radius 2 is 2.41 bits per heavy atom. The molecule has 0 atom stereocenters. The second kappa shape index (κ2) is 5.45. The molecule has 2 aromatic heterocycles. The van der Waals surface area contributed by atoms with Gasteiger partial charge in [-0.05, 0) is 30.7 Å². The second-order valence-electron chi connectivity index (χ2n) is 3.33. The number of hydrogen-bond donors (Lipinski definition) is 1. The van der Waals surface area contributed by atoms with Crippen LogP contribution in [0.4, 0.5) is 0 Å². The third-order valence-electron chi connectivity index (χ3n) is 2.13. The van der Waals surface area contributed by atoms with E-state index in [-0.39, 0.29) is 11.7 Å². The van der Waals surface area contributed by atoms with E-state index in [1.165, 1.54) is 11.1 Å². The molecule has 0 aliphatic carbocycles. The van der Waals surface area contributed by atoms with E-state index in [2.05, 4.69) is 23.5 Å². The molecule has 0 fully saturated rings. The van der Waals surface area contributed by atoms with Gasteiger partial charge in [-0.25, -0.2) is 5.43 Å². The normalized spacial score (nSPS) is 10.9. The molecule has 5 heteroatoms. The average molecular weight is 248 g/mol. The minimum Gasteiger partial charge on any atom is -0.459 e. The minimum atomic E-state index is -0.349. The summed E-state index contributed by atoms with van der Waals surface area (Å²) in [5.41, 5.74) is 2.40. The Labute approximate surface area is 103 Å². The third-order valence-corrected chi connectivity index (χ3v) is 3.30. The van der Waals surface area contributed by atoms with E-state index in [1.54, 1.807) is 29.7 Å². The number of hydrogen-bond acceptors (Lipinski definition) is 4. The first-order valence-electron chi connectivity index (χ1n) is 5.25. The van der Waals surface area contributed by atoms with E-state index < -0.39 is 0 Å². The van der Waals surface area contributed by atoms with Crippen molar-refractivity contribution in [3.63, 3.8) is 0 Å². The highest BCUT2D eigenvalue weighted by molar-refractivity contribution is 7.13. The number of hydrazone groups is 1. The van der Waals surface area contributed by atoms with Crippen LogP contribution in [-0.4, -0.2) is 12.1 Å². The van der Waals surface area contributed by atoms with Gasteiger partial charge in [0.05, 0.1) is 12.5 Å². The summed E-state index contributed by atoms with van der Waals surface area (Å²) in [6, 6.07) is 7.28. The number of thiophene rings is 1. The first-order valence-corrected chi connectivity index (χ1v) is 6.07. The largest absolute Gasteiger partial charge is 0.459 e. The van der Waals surface area contributed by atoms with Gasteiger partial charge in [0.2, 0.25) is 0 Å². The Morgan fingerprint density at radius 1 is 1.53 bits per heavy atom. The maximum absolute atomic E-state index is 11.4. The van der Waals surface area contributed by atoms with Crippen LogP contribution < -0.4 is 5.43 Å². The lowest BCUT2D eigenvalue weighted by Crippen LogP contribution is -2.16. The summed E-state index contributed by atoms with van der Waals surface area (Å²) in [5.74, 6) is -0.0962. The lowest BCUT2D eigenvalue weighted by Gasteiger charge is -1.93. The monoisotopic (exact) mass is 248 g/mol. The molecule has 0 unspecified atom stereocenters. The van der Waals surface area contributed by atoms with Crippen molar-refractivity contribution in [1.82, 2.24) is 5.43 Å². The van der Waals surface area contributed by atoms with Crippen molar-refractivity contribution >= 4 is 23.5 Å². The fourth-order valence-electron chi connectivity index (χ4n) is 1.27. The Morgan fingerprint density at radius 3 is 3.06 bits per heavy atom. The molecule has 2 aromatic rings. The molecule has 0 saturated heterocycles. The summed E-state index contributed by atoms with van der Waals surface area (Å²) >= 11 is 1.66. The van der Waals surface area contributed by atoms with E-state index >= 15 is 0 Å². The predicted octanol–water partition coefficient (Wildman–Crippen LogP) is 2.67. The van der Waals surface area contributed by atoms with E-state index in [0.717, 1.165) is 11.3 Å². The van der Waals surface area contributed by atoms with Crippen LogP contribution in [0.2, 0.25) is 0 Å². The Bertz CT molecular complexity index is 514. The summed E-state index contributed by atoms with van der Waals surface area (Å²) in [6.07, 6.45) is 4.09. The number of carbonyl (C=O) groups excluding carboxylic acids is 1. The van der Waals surface area contributed by atoms with Crippen LogP contribution in [0, 0.1) is 0 Å². The number of amides is 1. The quantitative estimate of drug-likeness (QED) is 0.668. The molecular weight excluding hydrogens is 236 g/mol. The van der Waals surface area contributed by atoms with Crippen LogP contribution in [-0.2, 0) is 6.42 Å². The van der Waals surface area contributed by atoms with Gasteiger partial charge in [0.15, 0.2) is 5.76 Å². The lowest BCUT2D eigenvalue weighted by molar-refractivity contribution is 0.0927. The highest BCUT2D eigenvalue weighted by Gasteiger charge is 2.05. The van der Waals surface area contributed by atoms with Crippen molar-refractivity contribution in [3.8, 4) is 0 Å². The van der Waals surface area contributed by atoms with Gasteiger partial charge in [0.25, 0.3) is 0 Å². The number of furan rings is 1. The number of rotatable bonds is 4. The number of aryl methyl sites for hydroxylation is 1. The van der Waals surface area contributed by atoms with Crippen LogP contribution in [0.1, 0.15) is 27.2 Å². The highest BCUT2D eigenvalue weighted by Crippen LogP contribution is 2.14. The lowest BCUT2D eigenvalue weighted by atomic mass is 10.4. The van der Waals surface area contributed by atoms with Gasteiger partial charge in [-0.1, -0.05) is 6.92 Å². The number of carbonyl (C=O) groups is 1. The zero-order valence-corrected chi connectivity index (χ0v) is 10.2. The minimum absolute atomic E-state index is 0.252. The summed E-state index contributed by atoms with van der Waals surface area (Å²) < 4.78 is 4.94. The predicted molar refractivity (Wildman–Crippen MR) is 67.5 cm³/mol. The SMILES string of the molecule is CCc1ccc(/C=N\NC(=O)c2ccco2)s1. The van der Waals surface area contributed by atoms with Crippen molar-refractivity contribution in [2.45, 2.75) is 13.3 Å². The molecular formula is C12H12N2O2S. The topological polar surface area (TPSA) is 54.6 Å². The van der Waals surface area contributed by atoms with Crippen molar-refractivity contribution in [2.75, 3.05) is 0 Å². The van der Waals surface area contributed by atoms with Crippen LogP contribution in [0.5, 0.6) is 0 Å². The number of nitrogens with one attached hydrogen (secondary N) is 1. The maximum Gasteiger partial charge on any atom is 0.307 e. The molecule has 0 bridgehead atoms. The van der Waals surface area contributed by atoms with Gasteiger partial charge in [-0.2, -0.15) is 5.10 Å². The van der Waals surface area contributed by atoms with Crippen molar-refractivity contribution in [2.24, 2.45) is 5.10 Å². The molecule has 0 saturated carbocycles. The molecule has 1 amide bonds. The van der Waals surface area contributed by atoms with E-state index in [0.29, 0.717) is 0 Å². The van der Waals surface area contributed by atoms with Crippen molar-refractivity contribution < 1.29 is 9.21 Å². The zero-order chi connectivity index (χ0) is 12.1. The zero-order valence-electron chi connectivity index (χ0n) is 9.34. The highest BCUT2D eigenvalue weighted by atomic mass is 32.1. The van der Waals surface area contributed by atoms with Gasteiger partial charge in [0, 0.05) is 9.75 Å². The van der Waals surface area contributed by atoms with Gasteiger partial charge in [0.1, 0.15) is 0 Å². The molecule has 2 heterocycles. The second-order valence-corrected chi connectivity index (χ2v) is 4.53. The molecule has 0 aliphatic heterocycles. The average Bonchev–Trinajstić information content (AvgIpc) is 3.00. The smallest absolute Gasteiger partial charge is 0.307 e. The maximum atomic E-state index is 11.4. The molecule has 0 aromatic carbocycles. The molecule has 0 radical (unpaired) electrons.